The number of likely N-dealkylation sites (N-methyl/N-ethyl adjacent to an activating group) is 1. The Morgan fingerprint density at radius 1 is 1.15 bits per heavy atom. The second-order valence-electron chi connectivity index (χ2n) is 5.36. The van der Waals surface area contributed by atoms with Gasteiger partial charge >= 0.3 is 0 Å². The van der Waals surface area contributed by atoms with Crippen molar-refractivity contribution in [2.75, 3.05) is 11.9 Å². The van der Waals surface area contributed by atoms with Crippen molar-refractivity contribution in [2.45, 2.75) is 19.3 Å². The highest BCUT2D eigenvalue weighted by molar-refractivity contribution is 5.79. The molecule has 0 N–H and O–H groups in total. The van der Waals surface area contributed by atoms with E-state index in [1.54, 1.807) is 23.5 Å². The Balaban J connectivity index is 1.95. The van der Waals surface area contributed by atoms with Crippen molar-refractivity contribution in [3.8, 4) is 0 Å². The summed E-state index contributed by atoms with van der Waals surface area (Å²) < 4.78 is 1.58. The van der Waals surface area contributed by atoms with Gasteiger partial charge in [0, 0.05) is 30.1 Å². The largest absolute Gasteiger partial charge is 0.347 e. The molecule has 102 valence electrons. The smallest absolute Gasteiger partial charge is 0.141 e. The van der Waals surface area contributed by atoms with E-state index in [9.17, 15) is 0 Å². The average Bonchev–Trinajstić information content (AvgIpc) is 3.01. The van der Waals surface area contributed by atoms with Crippen molar-refractivity contribution >= 4 is 11.9 Å². The van der Waals surface area contributed by atoms with Gasteiger partial charge in [0.1, 0.15) is 12.7 Å². The summed E-state index contributed by atoms with van der Waals surface area (Å²) in [6, 6.07) is 8.49. The lowest BCUT2D eigenvalue weighted by Gasteiger charge is -2.23. The molecule has 5 nitrogen and oxygen atoms in total. The Labute approximate surface area is 118 Å². The first-order chi connectivity index (χ1) is 9.60. The molecular weight excluding hydrogens is 250 g/mol. The maximum absolute atomic E-state index is 4.26. The SMILES string of the molecule is CN1/C(=C/C=N/n2cnnc2)C(C)(C)c2ccccc21. The summed E-state index contributed by atoms with van der Waals surface area (Å²) in [7, 11) is 2.09. The molecule has 0 atom stereocenters. The summed E-state index contributed by atoms with van der Waals surface area (Å²) in [6.07, 6.45) is 6.95. The molecule has 0 spiro atoms. The lowest BCUT2D eigenvalue weighted by atomic mass is 9.84. The van der Waals surface area contributed by atoms with E-state index < -0.39 is 0 Å². The quantitative estimate of drug-likeness (QED) is 0.785. The van der Waals surface area contributed by atoms with Crippen molar-refractivity contribution in [3.63, 3.8) is 0 Å². The molecular formula is C15H17N5. The Morgan fingerprint density at radius 2 is 1.85 bits per heavy atom. The first kappa shape index (κ1) is 12.6. The predicted octanol–water partition coefficient (Wildman–Crippen LogP) is 2.42. The molecule has 1 aromatic heterocycles. The molecule has 3 rings (SSSR count). The van der Waals surface area contributed by atoms with E-state index in [2.05, 4.69) is 65.4 Å². The monoisotopic (exact) mass is 267 g/mol. The Morgan fingerprint density at radius 3 is 2.55 bits per heavy atom. The van der Waals surface area contributed by atoms with Gasteiger partial charge in [-0.2, -0.15) is 5.10 Å². The van der Waals surface area contributed by atoms with Crippen LogP contribution in [-0.2, 0) is 5.41 Å². The standard InChI is InChI=1S/C15H17N5/c1-15(2)12-6-4-5-7-13(12)19(3)14(15)8-9-18-20-10-16-17-11-20/h4-11H,1-3H3/b14-8+,18-9+. The second-order valence-corrected chi connectivity index (χ2v) is 5.36. The zero-order valence-electron chi connectivity index (χ0n) is 11.9. The maximum Gasteiger partial charge on any atom is 0.141 e. The van der Waals surface area contributed by atoms with Crippen LogP contribution in [0.4, 0.5) is 5.69 Å². The fraction of sp³-hybridized carbons (Fsp3) is 0.267. The topological polar surface area (TPSA) is 46.3 Å². The van der Waals surface area contributed by atoms with Crippen molar-refractivity contribution in [1.29, 1.82) is 0 Å². The molecule has 2 heterocycles. The molecule has 0 bridgehead atoms. The fourth-order valence-electron chi connectivity index (χ4n) is 2.74. The minimum atomic E-state index is -0.0233. The highest BCUT2D eigenvalue weighted by atomic mass is 15.4. The second kappa shape index (κ2) is 4.59. The summed E-state index contributed by atoms with van der Waals surface area (Å²) in [5.74, 6) is 0. The molecule has 0 aliphatic carbocycles. The number of fused-ring (bicyclic) bond motifs is 1. The molecule has 5 heteroatoms. The third-order valence-electron chi connectivity index (χ3n) is 3.78. The summed E-state index contributed by atoms with van der Waals surface area (Å²) in [4.78, 5) is 2.22. The van der Waals surface area contributed by atoms with E-state index in [-0.39, 0.29) is 5.41 Å². The highest BCUT2D eigenvalue weighted by Crippen LogP contribution is 2.46. The van der Waals surface area contributed by atoms with Gasteiger partial charge in [0.25, 0.3) is 0 Å². The zero-order valence-corrected chi connectivity index (χ0v) is 11.9. The van der Waals surface area contributed by atoms with Crippen LogP contribution >= 0.6 is 0 Å². The molecule has 0 fully saturated rings. The minimum Gasteiger partial charge on any atom is -0.347 e. The van der Waals surface area contributed by atoms with Gasteiger partial charge in [-0.15, -0.1) is 10.2 Å². The molecule has 0 saturated carbocycles. The lowest BCUT2D eigenvalue weighted by Crippen LogP contribution is -2.23. The number of anilines is 1. The molecule has 2 aromatic rings. The number of para-hydroxylation sites is 1. The summed E-state index contributed by atoms with van der Waals surface area (Å²) in [6.45, 7) is 4.46. The van der Waals surface area contributed by atoms with E-state index in [1.165, 1.54) is 16.9 Å². The minimum absolute atomic E-state index is 0.0233. The number of rotatable bonds is 2. The number of benzene rings is 1. The number of hydrogen-bond donors (Lipinski definition) is 0. The van der Waals surface area contributed by atoms with Gasteiger partial charge in [0.05, 0.1) is 0 Å². The summed E-state index contributed by atoms with van der Waals surface area (Å²) in [5.41, 5.74) is 3.79. The molecule has 1 aromatic carbocycles. The van der Waals surface area contributed by atoms with Crippen LogP contribution in [0, 0.1) is 0 Å². The maximum atomic E-state index is 4.26. The van der Waals surface area contributed by atoms with E-state index in [0.717, 1.165) is 0 Å². The van der Waals surface area contributed by atoms with Gasteiger partial charge in [0.15, 0.2) is 0 Å². The van der Waals surface area contributed by atoms with Crippen LogP contribution in [0.5, 0.6) is 0 Å². The molecule has 1 aliphatic heterocycles. The van der Waals surface area contributed by atoms with Crippen LogP contribution in [0.1, 0.15) is 19.4 Å². The molecule has 0 saturated heterocycles. The van der Waals surface area contributed by atoms with Gasteiger partial charge < -0.3 is 4.90 Å². The van der Waals surface area contributed by atoms with Crippen LogP contribution in [0.3, 0.4) is 0 Å². The lowest BCUT2D eigenvalue weighted by molar-refractivity contribution is 0.641. The van der Waals surface area contributed by atoms with E-state index in [4.69, 9.17) is 0 Å². The van der Waals surface area contributed by atoms with Crippen LogP contribution in [0.15, 0.2) is 53.8 Å². The van der Waals surface area contributed by atoms with Gasteiger partial charge in [-0.05, 0) is 17.7 Å². The van der Waals surface area contributed by atoms with Crippen molar-refractivity contribution < 1.29 is 0 Å². The van der Waals surface area contributed by atoms with E-state index >= 15 is 0 Å². The van der Waals surface area contributed by atoms with Crippen molar-refractivity contribution in [3.05, 3.63) is 54.3 Å². The number of hydrogen-bond acceptors (Lipinski definition) is 4. The number of aromatic nitrogens is 3. The van der Waals surface area contributed by atoms with Crippen LogP contribution in [0.2, 0.25) is 0 Å². The predicted molar refractivity (Wildman–Crippen MR) is 79.9 cm³/mol. The summed E-state index contributed by atoms with van der Waals surface area (Å²) >= 11 is 0. The van der Waals surface area contributed by atoms with Crippen LogP contribution in [0.25, 0.3) is 0 Å². The molecule has 0 unspecified atom stereocenters. The summed E-state index contributed by atoms with van der Waals surface area (Å²) in [5, 5.41) is 11.7. The zero-order chi connectivity index (χ0) is 14.2. The normalized spacial score (nSPS) is 18.9. The van der Waals surface area contributed by atoms with Gasteiger partial charge in [-0.3, -0.25) is 0 Å². The van der Waals surface area contributed by atoms with E-state index in [1.807, 2.05) is 6.08 Å². The number of nitrogens with zero attached hydrogens (tertiary/aromatic N) is 5. The van der Waals surface area contributed by atoms with E-state index in [0.29, 0.717) is 0 Å². The van der Waals surface area contributed by atoms with Crippen molar-refractivity contribution in [1.82, 2.24) is 14.9 Å². The number of allylic oxidation sites excluding steroid dienone is 2. The molecule has 20 heavy (non-hydrogen) atoms. The Kier molecular flexibility index (Phi) is 2.89. The molecule has 0 radical (unpaired) electrons. The van der Waals surface area contributed by atoms with Crippen LogP contribution < -0.4 is 4.90 Å². The van der Waals surface area contributed by atoms with Crippen LogP contribution in [-0.4, -0.2) is 28.1 Å². The Hall–Kier alpha value is -2.43. The first-order valence-electron chi connectivity index (χ1n) is 6.53. The molecule has 1 aliphatic rings. The van der Waals surface area contributed by atoms with Gasteiger partial charge in [-0.25, -0.2) is 4.68 Å². The molecule has 0 amide bonds. The third-order valence-corrected chi connectivity index (χ3v) is 3.78. The third kappa shape index (κ3) is 1.91. The Bertz CT molecular complexity index is 667. The van der Waals surface area contributed by atoms with Crippen molar-refractivity contribution in [2.24, 2.45) is 5.10 Å². The fourth-order valence-corrected chi connectivity index (χ4v) is 2.74. The van der Waals surface area contributed by atoms with Gasteiger partial charge in [-0.1, -0.05) is 32.0 Å². The van der Waals surface area contributed by atoms with Gasteiger partial charge in [0.2, 0.25) is 0 Å². The first-order valence-corrected chi connectivity index (χ1v) is 6.53. The highest BCUT2D eigenvalue weighted by Gasteiger charge is 2.37. The average molecular weight is 267 g/mol.